The molecule has 2 rings (SSSR count). The van der Waals surface area contributed by atoms with Gasteiger partial charge in [0.2, 0.25) is 0 Å². The van der Waals surface area contributed by atoms with E-state index in [-0.39, 0.29) is 0 Å². The van der Waals surface area contributed by atoms with Crippen LogP contribution in [0.2, 0.25) is 0 Å². The van der Waals surface area contributed by atoms with Gasteiger partial charge in [-0.15, -0.1) is 0 Å². The summed E-state index contributed by atoms with van der Waals surface area (Å²) >= 11 is 0. The van der Waals surface area contributed by atoms with Gasteiger partial charge < -0.3 is 10.5 Å². The number of ether oxygens (including phenoxy) is 1. The predicted molar refractivity (Wildman–Crippen MR) is 71.1 cm³/mol. The summed E-state index contributed by atoms with van der Waals surface area (Å²) in [6.45, 7) is 2.36. The normalized spacial score (nSPS) is 9.78. The first kappa shape index (κ1) is 12.0. The Morgan fingerprint density at radius 2 is 1.89 bits per heavy atom. The van der Waals surface area contributed by atoms with Crippen molar-refractivity contribution in [2.45, 2.75) is 13.5 Å². The third kappa shape index (κ3) is 2.61. The van der Waals surface area contributed by atoms with Gasteiger partial charge in [-0.1, -0.05) is 24.3 Å². The van der Waals surface area contributed by atoms with Gasteiger partial charge in [-0.25, -0.2) is 0 Å². The quantitative estimate of drug-likeness (QED) is 0.836. The van der Waals surface area contributed by atoms with Crippen molar-refractivity contribution >= 4 is 5.69 Å². The first-order chi connectivity index (χ1) is 8.70. The highest BCUT2D eigenvalue weighted by Gasteiger charge is 2.06. The van der Waals surface area contributed by atoms with E-state index in [0.29, 0.717) is 17.9 Å². The van der Waals surface area contributed by atoms with Crippen LogP contribution in [0, 0.1) is 18.3 Å². The van der Waals surface area contributed by atoms with Crippen LogP contribution in [-0.2, 0) is 6.61 Å². The lowest BCUT2D eigenvalue weighted by atomic mass is 10.1. The fourth-order valence-corrected chi connectivity index (χ4v) is 1.70. The number of nitrogens with zero attached hydrogens (tertiary/aromatic N) is 1. The number of rotatable bonds is 3. The lowest BCUT2D eigenvalue weighted by molar-refractivity contribution is 0.303. The van der Waals surface area contributed by atoms with E-state index in [0.717, 1.165) is 16.8 Å². The zero-order chi connectivity index (χ0) is 13.0. The van der Waals surface area contributed by atoms with Crippen molar-refractivity contribution < 1.29 is 4.74 Å². The Hall–Kier alpha value is -2.47. The maximum Gasteiger partial charge on any atom is 0.140 e. The first-order valence-corrected chi connectivity index (χ1v) is 5.67. The Morgan fingerprint density at radius 3 is 2.56 bits per heavy atom. The zero-order valence-corrected chi connectivity index (χ0v) is 10.2. The molecule has 3 nitrogen and oxygen atoms in total. The smallest absolute Gasteiger partial charge is 0.140 e. The maximum absolute atomic E-state index is 9.03. The number of nitrogen functional groups attached to an aromatic ring is 1. The Morgan fingerprint density at radius 1 is 1.17 bits per heavy atom. The summed E-state index contributed by atoms with van der Waals surface area (Å²) in [7, 11) is 0. The van der Waals surface area contributed by atoms with Crippen LogP contribution in [0.5, 0.6) is 5.75 Å². The van der Waals surface area contributed by atoms with Crippen LogP contribution in [0.1, 0.15) is 16.7 Å². The second-order valence-corrected chi connectivity index (χ2v) is 4.09. The van der Waals surface area contributed by atoms with Gasteiger partial charge in [0.15, 0.2) is 0 Å². The van der Waals surface area contributed by atoms with Crippen molar-refractivity contribution in [1.82, 2.24) is 0 Å². The Kier molecular flexibility index (Phi) is 3.49. The molecule has 0 saturated heterocycles. The van der Waals surface area contributed by atoms with Crippen LogP contribution in [0.25, 0.3) is 0 Å². The molecule has 0 spiro atoms. The Bertz CT molecular complexity index is 582. The molecule has 90 valence electrons. The van der Waals surface area contributed by atoms with Gasteiger partial charge in [0.1, 0.15) is 18.4 Å². The molecule has 0 bridgehead atoms. The summed E-state index contributed by atoms with van der Waals surface area (Å²) < 4.78 is 5.72. The van der Waals surface area contributed by atoms with Crippen LogP contribution in [0.15, 0.2) is 42.5 Å². The van der Waals surface area contributed by atoms with E-state index in [1.165, 1.54) is 0 Å². The summed E-state index contributed by atoms with van der Waals surface area (Å²) in [6, 6.07) is 15.2. The highest BCUT2D eigenvalue weighted by molar-refractivity contribution is 5.48. The van der Waals surface area contributed by atoms with E-state index >= 15 is 0 Å². The van der Waals surface area contributed by atoms with Crippen molar-refractivity contribution in [1.29, 1.82) is 5.26 Å². The number of benzene rings is 2. The standard InChI is InChI=1S/C15H14N2O/c1-11-3-2-4-13(9-16)15(11)18-10-12-5-7-14(17)8-6-12/h2-8H,10,17H2,1H3. The molecule has 2 N–H and O–H groups in total. The van der Waals surface area contributed by atoms with Crippen LogP contribution in [0.4, 0.5) is 5.69 Å². The van der Waals surface area contributed by atoms with Crippen molar-refractivity contribution in [3.63, 3.8) is 0 Å². The molecule has 0 saturated carbocycles. The van der Waals surface area contributed by atoms with Crippen molar-refractivity contribution in [3.8, 4) is 11.8 Å². The monoisotopic (exact) mass is 238 g/mol. The molecule has 0 atom stereocenters. The SMILES string of the molecule is Cc1cccc(C#N)c1OCc1ccc(N)cc1. The summed E-state index contributed by atoms with van der Waals surface area (Å²) in [4.78, 5) is 0. The first-order valence-electron chi connectivity index (χ1n) is 5.67. The fraction of sp³-hybridized carbons (Fsp3) is 0.133. The largest absolute Gasteiger partial charge is 0.487 e. The van der Waals surface area contributed by atoms with Gasteiger partial charge >= 0.3 is 0 Å². The van der Waals surface area contributed by atoms with Crippen molar-refractivity contribution in [2.75, 3.05) is 5.73 Å². The van der Waals surface area contributed by atoms with Crippen LogP contribution >= 0.6 is 0 Å². The van der Waals surface area contributed by atoms with Crippen LogP contribution in [0.3, 0.4) is 0 Å². The second-order valence-electron chi connectivity index (χ2n) is 4.09. The zero-order valence-electron chi connectivity index (χ0n) is 10.2. The molecule has 18 heavy (non-hydrogen) atoms. The summed E-state index contributed by atoms with van der Waals surface area (Å²) in [5.41, 5.74) is 8.90. The highest BCUT2D eigenvalue weighted by Crippen LogP contribution is 2.23. The van der Waals surface area contributed by atoms with Gasteiger partial charge in [0.05, 0.1) is 5.56 Å². The number of anilines is 1. The number of aryl methyl sites for hydroxylation is 1. The fourth-order valence-electron chi connectivity index (χ4n) is 1.70. The maximum atomic E-state index is 9.03. The van der Waals surface area contributed by atoms with Gasteiger partial charge in [-0.2, -0.15) is 5.26 Å². The molecular formula is C15H14N2O. The molecular weight excluding hydrogens is 224 g/mol. The van der Waals surface area contributed by atoms with E-state index in [1.54, 1.807) is 6.07 Å². The number of para-hydroxylation sites is 1. The van der Waals surface area contributed by atoms with Gasteiger partial charge in [0, 0.05) is 5.69 Å². The molecule has 0 heterocycles. The Balaban J connectivity index is 2.16. The van der Waals surface area contributed by atoms with Crippen molar-refractivity contribution in [2.24, 2.45) is 0 Å². The molecule has 3 heteroatoms. The van der Waals surface area contributed by atoms with Gasteiger partial charge in [0.25, 0.3) is 0 Å². The molecule has 0 unspecified atom stereocenters. The molecule has 0 aliphatic rings. The van der Waals surface area contributed by atoms with Gasteiger partial charge in [-0.05, 0) is 36.2 Å². The number of hydrogen-bond acceptors (Lipinski definition) is 3. The summed E-state index contributed by atoms with van der Waals surface area (Å²) in [5.74, 6) is 0.650. The molecule has 2 aromatic carbocycles. The third-order valence-electron chi connectivity index (χ3n) is 2.70. The number of nitrogens with two attached hydrogens (primary N) is 1. The summed E-state index contributed by atoms with van der Waals surface area (Å²) in [5, 5.41) is 9.03. The molecule has 0 amide bonds. The minimum absolute atomic E-state index is 0.430. The molecule has 0 fully saturated rings. The molecule has 0 aromatic heterocycles. The topological polar surface area (TPSA) is 59.0 Å². The molecule has 0 aliphatic heterocycles. The van der Waals surface area contributed by atoms with E-state index in [1.807, 2.05) is 43.3 Å². The number of nitriles is 1. The summed E-state index contributed by atoms with van der Waals surface area (Å²) in [6.07, 6.45) is 0. The average Bonchev–Trinajstić information content (AvgIpc) is 2.39. The minimum atomic E-state index is 0.430. The molecule has 2 aromatic rings. The average molecular weight is 238 g/mol. The lowest BCUT2D eigenvalue weighted by Gasteiger charge is -2.10. The van der Waals surface area contributed by atoms with Crippen LogP contribution in [-0.4, -0.2) is 0 Å². The third-order valence-corrected chi connectivity index (χ3v) is 2.70. The second kappa shape index (κ2) is 5.24. The minimum Gasteiger partial charge on any atom is -0.487 e. The van der Waals surface area contributed by atoms with E-state index in [9.17, 15) is 0 Å². The van der Waals surface area contributed by atoms with Crippen LogP contribution < -0.4 is 10.5 Å². The van der Waals surface area contributed by atoms with Gasteiger partial charge in [-0.3, -0.25) is 0 Å². The van der Waals surface area contributed by atoms with Crippen molar-refractivity contribution in [3.05, 3.63) is 59.2 Å². The van der Waals surface area contributed by atoms with E-state index < -0.39 is 0 Å². The Labute approximate surface area is 106 Å². The predicted octanol–water partition coefficient (Wildman–Crippen LogP) is 3.03. The lowest BCUT2D eigenvalue weighted by Crippen LogP contribution is -1.99. The van der Waals surface area contributed by atoms with E-state index in [4.69, 9.17) is 15.7 Å². The highest BCUT2D eigenvalue weighted by atomic mass is 16.5. The number of hydrogen-bond donors (Lipinski definition) is 1. The van der Waals surface area contributed by atoms with E-state index in [2.05, 4.69) is 6.07 Å². The molecule has 0 radical (unpaired) electrons. The molecule has 0 aliphatic carbocycles.